The van der Waals surface area contributed by atoms with Crippen molar-refractivity contribution in [3.63, 3.8) is 0 Å². The normalized spacial score (nSPS) is 10.5. The summed E-state index contributed by atoms with van der Waals surface area (Å²) < 4.78 is 5.51. The molecule has 0 spiro atoms. The van der Waals surface area contributed by atoms with Gasteiger partial charge in [0.25, 0.3) is 0 Å². The van der Waals surface area contributed by atoms with Crippen molar-refractivity contribution in [2.75, 3.05) is 6.61 Å². The summed E-state index contributed by atoms with van der Waals surface area (Å²) in [5.41, 5.74) is 2.73. The van der Waals surface area contributed by atoms with Gasteiger partial charge in [0.05, 0.1) is 12.8 Å². The maximum Gasteiger partial charge on any atom is 0.150 e. The van der Waals surface area contributed by atoms with Crippen LogP contribution in [0.4, 0.5) is 0 Å². The van der Waals surface area contributed by atoms with E-state index in [1.54, 1.807) is 6.20 Å². The summed E-state index contributed by atoms with van der Waals surface area (Å²) in [6.07, 6.45) is 4.40. The molecule has 3 heteroatoms. The van der Waals surface area contributed by atoms with Crippen molar-refractivity contribution in [1.82, 2.24) is 4.98 Å². The quantitative estimate of drug-likeness (QED) is 0.674. The van der Waals surface area contributed by atoms with Crippen LogP contribution < -0.4 is 4.74 Å². The molecule has 0 amide bonds. The fourth-order valence-corrected chi connectivity index (χ4v) is 2.49. The molecule has 0 saturated carbocycles. The van der Waals surface area contributed by atoms with Crippen LogP contribution in [0.25, 0.3) is 21.9 Å². The lowest BCUT2D eigenvalue weighted by Crippen LogP contribution is -1.93. The molecule has 2 aromatic carbocycles. The Balaban J connectivity index is 2.21. The Labute approximate surface area is 123 Å². The number of hydrogen-bond donors (Lipinski definition) is 0. The van der Waals surface area contributed by atoms with Gasteiger partial charge in [-0.15, -0.1) is 0 Å². The highest BCUT2D eigenvalue weighted by Crippen LogP contribution is 2.31. The van der Waals surface area contributed by atoms with Crippen molar-refractivity contribution < 1.29 is 9.53 Å². The molecule has 0 fully saturated rings. The number of carbonyl (C=O) groups excluding carboxylic acids is 1. The van der Waals surface area contributed by atoms with Crippen molar-refractivity contribution in [1.29, 1.82) is 0 Å². The topological polar surface area (TPSA) is 39.2 Å². The van der Waals surface area contributed by atoms with E-state index in [0.29, 0.717) is 12.2 Å². The minimum Gasteiger partial charge on any atom is -0.492 e. The third-order valence-electron chi connectivity index (χ3n) is 3.42. The zero-order valence-corrected chi connectivity index (χ0v) is 11.7. The van der Waals surface area contributed by atoms with E-state index in [2.05, 4.69) is 4.98 Å². The van der Waals surface area contributed by atoms with E-state index in [0.717, 1.165) is 33.9 Å². The molecule has 1 heterocycles. The highest BCUT2D eigenvalue weighted by molar-refractivity contribution is 6.05. The number of hydrogen-bond acceptors (Lipinski definition) is 3. The molecule has 3 aromatic rings. The van der Waals surface area contributed by atoms with Gasteiger partial charge in [-0.1, -0.05) is 36.4 Å². The first-order valence-corrected chi connectivity index (χ1v) is 6.88. The zero-order chi connectivity index (χ0) is 14.7. The average molecular weight is 277 g/mol. The van der Waals surface area contributed by atoms with Gasteiger partial charge in [-0.25, -0.2) is 0 Å². The number of ether oxygens (including phenoxy) is 1. The number of aldehydes is 1. The van der Waals surface area contributed by atoms with Crippen molar-refractivity contribution in [2.24, 2.45) is 0 Å². The van der Waals surface area contributed by atoms with E-state index in [-0.39, 0.29) is 0 Å². The number of nitrogens with zero attached hydrogens (tertiary/aromatic N) is 1. The van der Waals surface area contributed by atoms with Crippen LogP contribution in [0.5, 0.6) is 5.75 Å². The van der Waals surface area contributed by atoms with E-state index in [4.69, 9.17) is 4.74 Å². The minimum absolute atomic E-state index is 0.607. The van der Waals surface area contributed by atoms with Crippen LogP contribution in [0, 0.1) is 0 Å². The summed E-state index contributed by atoms with van der Waals surface area (Å²) in [4.78, 5) is 15.4. The molecule has 3 nitrogen and oxygen atoms in total. The molecule has 21 heavy (non-hydrogen) atoms. The van der Waals surface area contributed by atoms with E-state index in [1.807, 2.05) is 55.6 Å². The first-order valence-electron chi connectivity index (χ1n) is 6.88. The highest BCUT2D eigenvalue weighted by atomic mass is 16.5. The summed E-state index contributed by atoms with van der Waals surface area (Å²) in [5.74, 6) is 0.749. The number of fused-ring (bicyclic) bond motifs is 1. The lowest BCUT2D eigenvalue weighted by molar-refractivity contribution is 0.112. The Morgan fingerprint density at radius 1 is 1.10 bits per heavy atom. The Morgan fingerprint density at radius 3 is 2.67 bits per heavy atom. The smallest absolute Gasteiger partial charge is 0.150 e. The van der Waals surface area contributed by atoms with E-state index in [9.17, 15) is 4.79 Å². The highest BCUT2D eigenvalue weighted by Gasteiger charge is 2.08. The predicted octanol–water partition coefficient (Wildman–Crippen LogP) is 4.11. The Bertz CT molecular complexity index is 796. The molecule has 0 N–H and O–H groups in total. The lowest BCUT2D eigenvalue weighted by atomic mass is 9.96. The largest absolute Gasteiger partial charge is 0.492 e. The second-order valence-corrected chi connectivity index (χ2v) is 4.71. The van der Waals surface area contributed by atoms with Crippen molar-refractivity contribution in [2.45, 2.75) is 6.92 Å². The Kier molecular flexibility index (Phi) is 3.65. The molecule has 0 saturated heterocycles. The fourth-order valence-electron chi connectivity index (χ4n) is 2.49. The van der Waals surface area contributed by atoms with Gasteiger partial charge in [0.2, 0.25) is 0 Å². The SMILES string of the molecule is CCOc1cncc(-c2ccc(C=O)c3ccccc23)c1. The molecular weight excluding hydrogens is 262 g/mol. The number of pyridine rings is 1. The summed E-state index contributed by atoms with van der Waals surface area (Å²) in [7, 11) is 0. The fraction of sp³-hybridized carbons (Fsp3) is 0.111. The number of benzene rings is 2. The number of carbonyl (C=O) groups is 1. The average Bonchev–Trinajstić information content (AvgIpc) is 2.54. The number of aromatic nitrogens is 1. The molecule has 0 atom stereocenters. The predicted molar refractivity (Wildman–Crippen MR) is 83.7 cm³/mol. The standard InChI is InChI=1S/C18H15NO2/c1-2-21-15-9-14(10-19-11-15)17-8-7-13(12-20)16-5-3-4-6-18(16)17/h3-12H,2H2,1H3. The van der Waals surface area contributed by atoms with Crippen LogP contribution in [0.1, 0.15) is 17.3 Å². The van der Waals surface area contributed by atoms with Crippen molar-refractivity contribution in [3.05, 3.63) is 60.4 Å². The van der Waals surface area contributed by atoms with Gasteiger partial charge in [-0.05, 0) is 29.3 Å². The summed E-state index contributed by atoms with van der Waals surface area (Å²) in [6, 6.07) is 13.7. The molecule has 1 aromatic heterocycles. The van der Waals surface area contributed by atoms with Crippen LogP contribution in [0.2, 0.25) is 0 Å². The Hall–Kier alpha value is -2.68. The van der Waals surface area contributed by atoms with Gasteiger partial charge in [-0.2, -0.15) is 0 Å². The summed E-state index contributed by atoms with van der Waals surface area (Å²) in [6.45, 7) is 2.55. The van der Waals surface area contributed by atoms with Gasteiger partial charge in [-0.3, -0.25) is 9.78 Å². The molecule has 0 radical (unpaired) electrons. The molecule has 0 aliphatic carbocycles. The van der Waals surface area contributed by atoms with Crippen LogP contribution >= 0.6 is 0 Å². The van der Waals surface area contributed by atoms with Gasteiger partial charge in [0, 0.05) is 17.3 Å². The van der Waals surface area contributed by atoms with Crippen LogP contribution in [-0.2, 0) is 0 Å². The molecule has 0 aliphatic heterocycles. The Morgan fingerprint density at radius 2 is 1.90 bits per heavy atom. The number of rotatable bonds is 4. The van der Waals surface area contributed by atoms with Crippen LogP contribution in [0.15, 0.2) is 54.9 Å². The molecular formula is C18H15NO2. The third-order valence-corrected chi connectivity index (χ3v) is 3.42. The summed E-state index contributed by atoms with van der Waals surface area (Å²) >= 11 is 0. The van der Waals surface area contributed by atoms with Crippen LogP contribution in [-0.4, -0.2) is 17.9 Å². The van der Waals surface area contributed by atoms with Gasteiger partial charge >= 0.3 is 0 Å². The lowest BCUT2D eigenvalue weighted by Gasteiger charge is -2.10. The van der Waals surface area contributed by atoms with E-state index < -0.39 is 0 Å². The second-order valence-electron chi connectivity index (χ2n) is 4.71. The van der Waals surface area contributed by atoms with Gasteiger partial charge in [0.1, 0.15) is 5.75 Å². The van der Waals surface area contributed by atoms with Crippen molar-refractivity contribution in [3.8, 4) is 16.9 Å². The summed E-state index contributed by atoms with van der Waals surface area (Å²) in [5, 5.41) is 1.99. The minimum atomic E-state index is 0.607. The molecule has 0 aliphatic rings. The van der Waals surface area contributed by atoms with Gasteiger partial charge in [0.15, 0.2) is 6.29 Å². The molecule has 104 valence electrons. The molecule has 0 bridgehead atoms. The van der Waals surface area contributed by atoms with Gasteiger partial charge < -0.3 is 4.74 Å². The maximum absolute atomic E-state index is 11.2. The van der Waals surface area contributed by atoms with Crippen LogP contribution in [0.3, 0.4) is 0 Å². The maximum atomic E-state index is 11.2. The second kappa shape index (κ2) is 5.75. The molecule has 3 rings (SSSR count). The first-order chi connectivity index (χ1) is 10.3. The third kappa shape index (κ3) is 2.50. The zero-order valence-electron chi connectivity index (χ0n) is 11.7. The molecule has 0 unspecified atom stereocenters. The monoisotopic (exact) mass is 277 g/mol. The van der Waals surface area contributed by atoms with Crippen molar-refractivity contribution >= 4 is 17.1 Å². The van der Waals surface area contributed by atoms with E-state index in [1.165, 1.54) is 0 Å². The van der Waals surface area contributed by atoms with E-state index >= 15 is 0 Å². The first kappa shape index (κ1) is 13.3.